The summed E-state index contributed by atoms with van der Waals surface area (Å²) in [7, 11) is 1.53. The summed E-state index contributed by atoms with van der Waals surface area (Å²) in [6.07, 6.45) is -0.919. The molecule has 0 aliphatic heterocycles. The number of hydrogen-bond acceptors (Lipinski definition) is 7. The number of amides is 1. The molecule has 1 saturated carbocycles. The molecule has 2 heterocycles. The van der Waals surface area contributed by atoms with Gasteiger partial charge >= 0.3 is 6.18 Å². The van der Waals surface area contributed by atoms with E-state index in [9.17, 15) is 26.7 Å². The number of aromatic nitrogens is 3. The number of methoxy groups -OCH3 is 1. The van der Waals surface area contributed by atoms with Gasteiger partial charge in [-0.15, -0.1) is 0 Å². The predicted molar refractivity (Wildman–Crippen MR) is 143 cm³/mol. The lowest BCUT2D eigenvalue weighted by molar-refractivity contribution is -0.137. The fraction of sp³-hybridized carbons (Fsp3) is 0.333. The van der Waals surface area contributed by atoms with Crippen LogP contribution >= 0.6 is 0 Å². The first kappa shape index (κ1) is 29.9. The fourth-order valence-electron chi connectivity index (χ4n) is 4.86. The van der Waals surface area contributed by atoms with E-state index in [-0.39, 0.29) is 35.6 Å². The van der Waals surface area contributed by atoms with Crippen molar-refractivity contribution in [3.8, 4) is 23.1 Å². The first-order chi connectivity index (χ1) is 20.6. The highest BCUT2D eigenvalue weighted by atomic mass is 19.4. The normalized spacial score (nSPS) is 17.0. The number of carbonyl (C=O) groups is 1. The number of nitrogens with one attached hydrogen (secondary N) is 1. The van der Waals surface area contributed by atoms with Crippen LogP contribution in [-0.4, -0.2) is 34.7 Å². The molecule has 1 aliphatic carbocycles. The molecule has 1 aliphatic rings. The Morgan fingerprint density at radius 1 is 1.02 bits per heavy atom. The van der Waals surface area contributed by atoms with Crippen LogP contribution in [0.2, 0.25) is 0 Å². The quantitative estimate of drug-likeness (QED) is 0.212. The van der Waals surface area contributed by atoms with Crippen molar-refractivity contribution < 1.29 is 40.7 Å². The average molecular weight is 603 g/mol. The lowest BCUT2D eigenvalue weighted by Crippen LogP contribution is -2.31. The zero-order valence-corrected chi connectivity index (χ0v) is 23.0. The van der Waals surface area contributed by atoms with Crippen molar-refractivity contribution in [2.75, 3.05) is 13.7 Å². The maximum Gasteiger partial charge on any atom is 0.417 e. The number of ether oxygens (including phenoxy) is 2. The third-order valence-corrected chi connectivity index (χ3v) is 7.32. The summed E-state index contributed by atoms with van der Waals surface area (Å²) >= 11 is 0. The summed E-state index contributed by atoms with van der Waals surface area (Å²) in [5, 5.41) is 6.73. The molecule has 4 aromatic rings. The number of carbonyl (C=O) groups excluding carboxylic acids is 1. The van der Waals surface area contributed by atoms with E-state index in [0.29, 0.717) is 42.7 Å². The number of pyridine rings is 1. The van der Waals surface area contributed by atoms with Gasteiger partial charge in [-0.05, 0) is 73.6 Å². The first-order valence-corrected chi connectivity index (χ1v) is 13.5. The van der Waals surface area contributed by atoms with Gasteiger partial charge < -0.3 is 19.3 Å². The van der Waals surface area contributed by atoms with Gasteiger partial charge in [0, 0.05) is 24.2 Å². The van der Waals surface area contributed by atoms with E-state index in [1.165, 1.54) is 13.2 Å². The number of alkyl halides is 3. The van der Waals surface area contributed by atoms with Crippen molar-refractivity contribution in [2.45, 2.75) is 44.4 Å². The molecular weight excluding hydrogens is 575 g/mol. The first-order valence-electron chi connectivity index (χ1n) is 13.5. The van der Waals surface area contributed by atoms with Crippen LogP contribution in [0.15, 0.2) is 59.3 Å². The molecule has 0 unspecified atom stereocenters. The Kier molecular flexibility index (Phi) is 8.88. The van der Waals surface area contributed by atoms with Gasteiger partial charge in [-0.3, -0.25) is 9.78 Å². The molecule has 0 spiro atoms. The Morgan fingerprint density at radius 3 is 2.33 bits per heavy atom. The molecule has 226 valence electrons. The van der Waals surface area contributed by atoms with Crippen molar-refractivity contribution in [1.82, 2.24) is 20.4 Å². The van der Waals surface area contributed by atoms with Crippen molar-refractivity contribution in [2.24, 2.45) is 5.92 Å². The summed E-state index contributed by atoms with van der Waals surface area (Å²) in [5.41, 5.74) is -0.194. The molecule has 8 nitrogen and oxygen atoms in total. The second-order valence-corrected chi connectivity index (χ2v) is 10.2. The van der Waals surface area contributed by atoms with Crippen LogP contribution < -0.4 is 14.8 Å². The van der Waals surface area contributed by atoms with Gasteiger partial charge in [-0.1, -0.05) is 17.3 Å². The van der Waals surface area contributed by atoms with Crippen LogP contribution in [0.5, 0.6) is 11.5 Å². The van der Waals surface area contributed by atoms with Crippen molar-refractivity contribution >= 4 is 5.91 Å². The van der Waals surface area contributed by atoms with Crippen LogP contribution in [0.3, 0.4) is 0 Å². The molecule has 0 bridgehead atoms. The molecule has 2 aromatic carbocycles. The zero-order chi connectivity index (χ0) is 30.6. The molecule has 1 amide bonds. The standard InChI is InChI=1S/C30H27F5N4O4/c1-41-22-9-4-18(5-10-22)16-42-26-23(31)12-20(13-24(26)32)28(40)37-14-17-2-6-19(7-3-17)27-38-29(43-39-27)25-11-8-21(15-36-25)30(33,34)35/h4-5,8-13,15,17,19H,2-3,6-7,14,16H2,1H3,(H,37,40)/t17-,19-. The molecule has 1 fully saturated rings. The predicted octanol–water partition coefficient (Wildman–Crippen LogP) is 6.72. The third-order valence-electron chi connectivity index (χ3n) is 7.32. The van der Waals surface area contributed by atoms with Gasteiger partial charge in [0.25, 0.3) is 11.8 Å². The number of rotatable bonds is 9. The van der Waals surface area contributed by atoms with Crippen molar-refractivity contribution in [1.29, 1.82) is 0 Å². The molecule has 43 heavy (non-hydrogen) atoms. The number of nitrogens with zero attached hydrogens (tertiary/aromatic N) is 3. The van der Waals surface area contributed by atoms with E-state index >= 15 is 0 Å². The van der Waals surface area contributed by atoms with Gasteiger partial charge in [0.15, 0.2) is 23.2 Å². The summed E-state index contributed by atoms with van der Waals surface area (Å²) in [4.78, 5) is 20.7. The van der Waals surface area contributed by atoms with E-state index in [1.807, 2.05) is 0 Å². The van der Waals surface area contributed by atoms with Crippen LogP contribution in [0.25, 0.3) is 11.6 Å². The minimum Gasteiger partial charge on any atom is -0.497 e. The zero-order valence-electron chi connectivity index (χ0n) is 23.0. The number of benzene rings is 2. The molecule has 0 atom stereocenters. The largest absolute Gasteiger partial charge is 0.497 e. The van der Waals surface area contributed by atoms with Gasteiger partial charge in [0.2, 0.25) is 0 Å². The molecule has 2 aromatic heterocycles. The smallest absolute Gasteiger partial charge is 0.417 e. The SMILES string of the molecule is COc1ccc(COc2c(F)cc(C(=O)NC[C@H]3CC[C@H](c4noc(-c5ccc(C(F)(F)F)cn5)n4)CC3)cc2F)cc1. The minimum atomic E-state index is -4.49. The summed E-state index contributed by atoms with van der Waals surface area (Å²) < 4.78 is 83.2. The lowest BCUT2D eigenvalue weighted by atomic mass is 9.81. The molecule has 0 radical (unpaired) electrons. The Bertz CT molecular complexity index is 1530. The molecule has 13 heteroatoms. The Morgan fingerprint density at radius 2 is 1.72 bits per heavy atom. The maximum absolute atomic E-state index is 14.6. The highest BCUT2D eigenvalue weighted by Crippen LogP contribution is 2.35. The summed E-state index contributed by atoms with van der Waals surface area (Å²) in [6.45, 7) is 0.251. The van der Waals surface area contributed by atoms with Crippen molar-refractivity contribution in [3.63, 3.8) is 0 Å². The lowest BCUT2D eigenvalue weighted by Gasteiger charge is -2.26. The van der Waals surface area contributed by atoms with Crippen LogP contribution in [0.1, 0.15) is 58.9 Å². The number of hydrogen-bond donors (Lipinski definition) is 1. The van der Waals surface area contributed by atoms with Gasteiger partial charge in [-0.2, -0.15) is 18.2 Å². The topological polar surface area (TPSA) is 99.4 Å². The van der Waals surface area contributed by atoms with E-state index in [0.717, 1.165) is 31.0 Å². The molecule has 1 N–H and O–H groups in total. The highest BCUT2D eigenvalue weighted by molar-refractivity contribution is 5.94. The fourth-order valence-corrected chi connectivity index (χ4v) is 4.86. The van der Waals surface area contributed by atoms with E-state index in [4.69, 9.17) is 14.0 Å². The van der Waals surface area contributed by atoms with Crippen LogP contribution in [-0.2, 0) is 12.8 Å². The van der Waals surface area contributed by atoms with Gasteiger partial charge in [0.05, 0.1) is 12.7 Å². The van der Waals surface area contributed by atoms with Crippen molar-refractivity contribution in [3.05, 3.63) is 88.9 Å². The molecule has 0 saturated heterocycles. The van der Waals surface area contributed by atoms with E-state index < -0.39 is 35.0 Å². The van der Waals surface area contributed by atoms with Gasteiger partial charge in [-0.25, -0.2) is 8.78 Å². The second kappa shape index (κ2) is 12.8. The monoisotopic (exact) mass is 602 g/mol. The maximum atomic E-state index is 14.6. The average Bonchev–Trinajstić information content (AvgIpc) is 3.50. The summed E-state index contributed by atoms with van der Waals surface area (Å²) in [6, 6.07) is 10.8. The Balaban J connectivity index is 1.10. The summed E-state index contributed by atoms with van der Waals surface area (Å²) in [5.74, 6) is -1.90. The Hall–Kier alpha value is -4.55. The molecular formula is C30H27F5N4O4. The second-order valence-electron chi connectivity index (χ2n) is 10.2. The third kappa shape index (κ3) is 7.27. The van der Waals surface area contributed by atoms with E-state index in [1.54, 1.807) is 24.3 Å². The van der Waals surface area contributed by atoms with E-state index in [2.05, 4.69) is 20.4 Å². The molecule has 5 rings (SSSR count). The van der Waals surface area contributed by atoms with Crippen LogP contribution in [0.4, 0.5) is 22.0 Å². The minimum absolute atomic E-state index is 0.0208. The Labute approximate surface area is 243 Å². The highest BCUT2D eigenvalue weighted by Gasteiger charge is 2.31. The van der Waals surface area contributed by atoms with Crippen LogP contribution in [0, 0.1) is 17.6 Å². The van der Waals surface area contributed by atoms with Gasteiger partial charge in [0.1, 0.15) is 18.1 Å². The number of halogens is 5.